The molecule has 0 aromatic heterocycles. The molecule has 3 rings (SSSR count). The maximum Gasteiger partial charge on any atom is 0.0462 e. The van der Waals surface area contributed by atoms with Gasteiger partial charge in [-0.3, -0.25) is 0 Å². The van der Waals surface area contributed by atoms with Crippen LogP contribution in [0.5, 0.6) is 0 Å². The van der Waals surface area contributed by atoms with Crippen LogP contribution in [0.4, 0.5) is 17.1 Å². The summed E-state index contributed by atoms with van der Waals surface area (Å²) in [7, 11) is 0. The monoisotopic (exact) mass is 379 g/mol. The lowest BCUT2D eigenvalue weighted by molar-refractivity contribution is 0.590. The lowest BCUT2D eigenvalue weighted by Gasteiger charge is -2.27. The third-order valence-corrected chi connectivity index (χ3v) is 4.62. The maximum atomic E-state index is 3.52. The van der Waals surface area contributed by atoms with Gasteiger partial charge in [0.05, 0.1) is 0 Å². The minimum absolute atomic E-state index is 0.160. The molecule has 0 amide bonds. The molecular weight excluding hydrogens is 358 g/mol. The summed E-state index contributed by atoms with van der Waals surface area (Å²) in [5.41, 5.74) is 4.97. The van der Waals surface area contributed by atoms with Crippen molar-refractivity contribution >= 4 is 33.0 Å². The minimum Gasteiger partial charge on any atom is -0.311 e. The van der Waals surface area contributed by atoms with Gasteiger partial charge in [-0.25, -0.2) is 0 Å². The largest absolute Gasteiger partial charge is 0.311 e. The van der Waals surface area contributed by atoms with Crippen LogP contribution in [0.15, 0.2) is 83.3 Å². The van der Waals surface area contributed by atoms with E-state index in [1.807, 2.05) is 6.07 Å². The third-order valence-electron chi connectivity index (χ3n) is 4.09. The van der Waals surface area contributed by atoms with E-state index >= 15 is 0 Å². The molecular formula is C22H22BrN. The Morgan fingerprint density at radius 1 is 0.625 bits per heavy atom. The highest BCUT2D eigenvalue weighted by molar-refractivity contribution is 9.10. The van der Waals surface area contributed by atoms with E-state index in [0.29, 0.717) is 0 Å². The van der Waals surface area contributed by atoms with Gasteiger partial charge in [-0.15, -0.1) is 0 Å². The van der Waals surface area contributed by atoms with Crippen LogP contribution in [0, 0.1) is 0 Å². The number of anilines is 3. The van der Waals surface area contributed by atoms with Gasteiger partial charge >= 0.3 is 0 Å². The molecule has 0 radical (unpaired) electrons. The van der Waals surface area contributed by atoms with E-state index in [-0.39, 0.29) is 5.41 Å². The second-order valence-corrected chi connectivity index (χ2v) is 7.86. The van der Waals surface area contributed by atoms with E-state index in [1.54, 1.807) is 0 Å². The first-order valence-corrected chi connectivity index (χ1v) is 8.96. The van der Waals surface area contributed by atoms with Crippen molar-refractivity contribution in [3.63, 3.8) is 0 Å². The molecule has 0 aliphatic carbocycles. The van der Waals surface area contributed by atoms with Gasteiger partial charge in [-0.05, 0) is 59.5 Å². The zero-order valence-electron chi connectivity index (χ0n) is 14.3. The first kappa shape index (κ1) is 16.8. The number of hydrogen-bond acceptors (Lipinski definition) is 1. The molecule has 0 N–H and O–H groups in total. The molecule has 0 bridgehead atoms. The molecule has 0 heterocycles. The van der Waals surface area contributed by atoms with Crippen LogP contribution in [-0.2, 0) is 5.41 Å². The van der Waals surface area contributed by atoms with E-state index in [0.717, 1.165) is 21.5 Å². The molecule has 0 unspecified atom stereocenters. The first-order valence-electron chi connectivity index (χ1n) is 8.16. The molecule has 0 saturated heterocycles. The van der Waals surface area contributed by atoms with E-state index in [1.165, 1.54) is 5.56 Å². The average Bonchev–Trinajstić information content (AvgIpc) is 2.58. The van der Waals surface area contributed by atoms with Gasteiger partial charge in [0, 0.05) is 21.5 Å². The van der Waals surface area contributed by atoms with Crippen molar-refractivity contribution in [3.8, 4) is 0 Å². The third kappa shape index (κ3) is 3.70. The summed E-state index contributed by atoms with van der Waals surface area (Å²) in [6.45, 7) is 6.73. The lowest BCUT2D eigenvalue weighted by atomic mass is 9.87. The van der Waals surface area contributed by atoms with Crippen LogP contribution in [-0.4, -0.2) is 0 Å². The number of benzene rings is 3. The maximum absolute atomic E-state index is 3.52. The zero-order chi connectivity index (χ0) is 17.2. The molecule has 122 valence electrons. The van der Waals surface area contributed by atoms with Gasteiger partial charge < -0.3 is 4.90 Å². The zero-order valence-corrected chi connectivity index (χ0v) is 15.9. The number of para-hydroxylation sites is 1. The van der Waals surface area contributed by atoms with E-state index in [4.69, 9.17) is 0 Å². The van der Waals surface area contributed by atoms with Crippen molar-refractivity contribution in [1.82, 2.24) is 0 Å². The fourth-order valence-corrected chi connectivity index (χ4v) is 2.99. The summed E-state index contributed by atoms with van der Waals surface area (Å²) >= 11 is 3.52. The van der Waals surface area contributed by atoms with Gasteiger partial charge in [-0.2, -0.15) is 0 Å². The topological polar surface area (TPSA) is 3.24 Å². The Balaban J connectivity index is 2.06. The molecule has 0 spiro atoms. The fraction of sp³-hybridized carbons (Fsp3) is 0.182. The van der Waals surface area contributed by atoms with Gasteiger partial charge in [0.1, 0.15) is 0 Å². The van der Waals surface area contributed by atoms with Gasteiger partial charge in [0.2, 0.25) is 0 Å². The Morgan fingerprint density at radius 2 is 1.08 bits per heavy atom. The molecule has 3 aromatic carbocycles. The SMILES string of the molecule is CC(C)(C)c1ccc(N(c2ccccc2)c2ccc(Br)cc2)cc1. The van der Waals surface area contributed by atoms with Crippen molar-refractivity contribution < 1.29 is 0 Å². The van der Waals surface area contributed by atoms with Crippen molar-refractivity contribution in [2.75, 3.05) is 4.90 Å². The van der Waals surface area contributed by atoms with Gasteiger partial charge in [-0.1, -0.05) is 67.0 Å². The number of rotatable bonds is 3. The average molecular weight is 380 g/mol. The van der Waals surface area contributed by atoms with Gasteiger partial charge in [0.25, 0.3) is 0 Å². The molecule has 0 atom stereocenters. The summed E-state index contributed by atoms with van der Waals surface area (Å²) in [4.78, 5) is 2.28. The number of halogens is 1. The predicted octanol–water partition coefficient (Wildman–Crippen LogP) is 7.22. The Kier molecular flexibility index (Phi) is 4.77. The number of nitrogens with zero attached hydrogens (tertiary/aromatic N) is 1. The highest BCUT2D eigenvalue weighted by Gasteiger charge is 2.16. The van der Waals surface area contributed by atoms with Crippen molar-refractivity contribution in [2.45, 2.75) is 26.2 Å². The first-order chi connectivity index (χ1) is 11.4. The highest BCUT2D eigenvalue weighted by atomic mass is 79.9. The summed E-state index contributed by atoms with van der Waals surface area (Å²) in [5, 5.41) is 0. The van der Waals surface area contributed by atoms with Crippen molar-refractivity contribution in [3.05, 3.63) is 88.9 Å². The number of hydrogen-bond donors (Lipinski definition) is 0. The second kappa shape index (κ2) is 6.82. The molecule has 0 fully saturated rings. The fourth-order valence-electron chi connectivity index (χ4n) is 2.72. The van der Waals surface area contributed by atoms with Crippen molar-refractivity contribution in [1.29, 1.82) is 0 Å². The Hall–Kier alpha value is -2.06. The summed E-state index contributed by atoms with van der Waals surface area (Å²) in [6.07, 6.45) is 0. The van der Waals surface area contributed by atoms with Crippen LogP contribution in [0.2, 0.25) is 0 Å². The smallest absolute Gasteiger partial charge is 0.0462 e. The predicted molar refractivity (Wildman–Crippen MR) is 108 cm³/mol. The van der Waals surface area contributed by atoms with E-state index in [2.05, 4.69) is 114 Å². The normalized spacial score (nSPS) is 11.3. The summed E-state index contributed by atoms with van der Waals surface area (Å²) in [5.74, 6) is 0. The van der Waals surface area contributed by atoms with Crippen molar-refractivity contribution in [2.24, 2.45) is 0 Å². The summed E-state index contributed by atoms with van der Waals surface area (Å²) in [6, 6.07) is 27.8. The van der Waals surface area contributed by atoms with Crippen LogP contribution < -0.4 is 4.90 Å². The second-order valence-electron chi connectivity index (χ2n) is 6.94. The molecule has 1 nitrogen and oxygen atoms in total. The van der Waals surface area contributed by atoms with Crippen LogP contribution in [0.1, 0.15) is 26.3 Å². The molecule has 3 aromatic rings. The van der Waals surface area contributed by atoms with Crippen LogP contribution >= 0.6 is 15.9 Å². The molecule has 0 saturated carbocycles. The molecule has 24 heavy (non-hydrogen) atoms. The van der Waals surface area contributed by atoms with Crippen LogP contribution in [0.3, 0.4) is 0 Å². The highest BCUT2D eigenvalue weighted by Crippen LogP contribution is 2.35. The lowest BCUT2D eigenvalue weighted by Crippen LogP contribution is -2.13. The van der Waals surface area contributed by atoms with Crippen LogP contribution in [0.25, 0.3) is 0 Å². The molecule has 0 aliphatic rings. The Labute approximate surface area is 153 Å². The van der Waals surface area contributed by atoms with Gasteiger partial charge in [0.15, 0.2) is 0 Å². The molecule has 2 heteroatoms. The minimum atomic E-state index is 0.160. The summed E-state index contributed by atoms with van der Waals surface area (Å²) < 4.78 is 1.09. The van der Waals surface area contributed by atoms with E-state index in [9.17, 15) is 0 Å². The standard InChI is InChI=1S/C22H22BrN/c1-22(2,3)17-9-13-20(14-10-17)24(19-7-5-4-6-8-19)21-15-11-18(23)12-16-21/h4-16H,1-3H3. The Morgan fingerprint density at radius 3 is 1.58 bits per heavy atom. The van der Waals surface area contributed by atoms with E-state index < -0.39 is 0 Å². The Bertz CT molecular complexity index is 784. The quantitative estimate of drug-likeness (QED) is 0.464. The molecule has 0 aliphatic heterocycles.